The minimum atomic E-state index is -0.591. The molecule has 24 heavy (non-hydrogen) atoms. The normalized spacial score (nSPS) is 16.8. The summed E-state index contributed by atoms with van der Waals surface area (Å²) in [6.45, 7) is 7.89. The number of nitrogens with one attached hydrogen (secondary N) is 1. The highest BCUT2D eigenvalue weighted by Crippen LogP contribution is 2.22. The molecule has 1 amide bonds. The number of aromatic nitrogens is 2. The number of fused-ring (bicyclic) bond motifs is 1. The van der Waals surface area contributed by atoms with Crippen LogP contribution in [0.5, 0.6) is 0 Å². The third-order valence-corrected chi connectivity index (χ3v) is 4.19. The molecule has 0 unspecified atom stereocenters. The lowest BCUT2D eigenvalue weighted by atomic mass is 10.1. The Labute approximate surface area is 142 Å². The van der Waals surface area contributed by atoms with Gasteiger partial charge in [-0.15, -0.1) is 0 Å². The SMILES string of the molecule is CC(C)Cc1nc(C(=O)NCCC2(C)OCCO2)c2ccccn12. The summed E-state index contributed by atoms with van der Waals surface area (Å²) in [7, 11) is 0. The molecule has 1 aliphatic rings. The average Bonchev–Trinajstić information content (AvgIpc) is 3.12. The van der Waals surface area contributed by atoms with Crippen LogP contribution in [0.25, 0.3) is 5.52 Å². The first kappa shape index (κ1) is 16.9. The molecule has 0 atom stereocenters. The molecular weight excluding hydrogens is 306 g/mol. The molecule has 6 heteroatoms. The molecule has 3 rings (SSSR count). The lowest BCUT2D eigenvalue weighted by molar-refractivity contribution is -0.145. The number of pyridine rings is 1. The molecule has 0 saturated carbocycles. The van der Waals surface area contributed by atoms with E-state index in [9.17, 15) is 4.79 Å². The van der Waals surface area contributed by atoms with Crippen LogP contribution in [0.3, 0.4) is 0 Å². The van der Waals surface area contributed by atoms with Gasteiger partial charge in [-0.2, -0.15) is 0 Å². The maximum atomic E-state index is 12.6. The summed E-state index contributed by atoms with van der Waals surface area (Å²) < 4.78 is 13.1. The van der Waals surface area contributed by atoms with Gasteiger partial charge in [0.25, 0.3) is 5.91 Å². The Bertz CT molecular complexity index is 717. The predicted octanol–water partition coefficient (Wildman–Crippen LogP) is 2.42. The molecule has 0 aromatic carbocycles. The summed E-state index contributed by atoms with van der Waals surface area (Å²) in [6.07, 6.45) is 3.40. The maximum Gasteiger partial charge on any atom is 0.272 e. The number of carbonyl (C=O) groups is 1. The highest BCUT2D eigenvalue weighted by atomic mass is 16.7. The largest absolute Gasteiger partial charge is 0.350 e. The van der Waals surface area contributed by atoms with E-state index in [4.69, 9.17) is 9.47 Å². The van der Waals surface area contributed by atoms with E-state index in [1.807, 2.05) is 35.7 Å². The third-order valence-electron chi connectivity index (χ3n) is 4.19. The van der Waals surface area contributed by atoms with E-state index >= 15 is 0 Å². The molecule has 130 valence electrons. The monoisotopic (exact) mass is 331 g/mol. The smallest absolute Gasteiger partial charge is 0.272 e. The Balaban J connectivity index is 1.72. The van der Waals surface area contributed by atoms with Gasteiger partial charge in [-0.05, 0) is 25.0 Å². The topological polar surface area (TPSA) is 64.9 Å². The lowest BCUT2D eigenvalue weighted by Gasteiger charge is -2.21. The fraction of sp³-hybridized carbons (Fsp3) is 0.556. The zero-order valence-corrected chi connectivity index (χ0v) is 14.5. The molecule has 2 aromatic heterocycles. The Morgan fingerprint density at radius 3 is 2.83 bits per heavy atom. The minimum Gasteiger partial charge on any atom is -0.350 e. The summed E-state index contributed by atoms with van der Waals surface area (Å²) in [5.74, 6) is 0.644. The number of imidazole rings is 1. The van der Waals surface area contributed by atoms with Crippen molar-refractivity contribution in [2.24, 2.45) is 5.92 Å². The number of amides is 1. The van der Waals surface area contributed by atoms with Gasteiger partial charge < -0.3 is 19.2 Å². The van der Waals surface area contributed by atoms with Crippen LogP contribution in [0, 0.1) is 5.92 Å². The Morgan fingerprint density at radius 1 is 1.38 bits per heavy atom. The van der Waals surface area contributed by atoms with E-state index in [0.29, 0.717) is 37.8 Å². The Morgan fingerprint density at radius 2 is 2.12 bits per heavy atom. The molecule has 1 aliphatic heterocycles. The number of rotatable bonds is 6. The van der Waals surface area contributed by atoms with Crippen LogP contribution in [0.1, 0.15) is 43.5 Å². The molecular formula is C18H25N3O3. The van der Waals surface area contributed by atoms with Gasteiger partial charge in [-0.3, -0.25) is 4.79 Å². The first-order chi connectivity index (χ1) is 11.5. The van der Waals surface area contributed by atoms with E-state index in [1.165, 1.54) is 0 Å². The second kappa shape index (κ2) is 6.91. The Kier molecular flexibility index (Phi) is 4.87. The molecule has 1 N–H and O–H groups in total. The second-order valence-corrected chi connectivity index (χ2v) is 6.77. The fourth-order valence-corrected chi connectivity index (χ4v) is 2.97. The van der Waals surface area contributed by atoms with E-state index in [0.717, 1.165) is 17.8 Å². The van der Waals surface area contributed by atoms with Crippen molar-refractivity contribution < 1.29 is 14.3 Å². The van der Waals surface area contributed by atoms with E-state index in [-0.39, 0.29) is 5.91 Å². The van der Waals surface area contributed by atoms with Crippen molar-refractivity contribution in [2.75, 3.05) is 19.8 Å². The molecule has 1 fully saturated rings. The van der Waals surface area contributed by atoms with Gasteiger partial charge in [0.2, 0.25) is 0 Å². The zero-order chi connectivity index (χ0) is 17.2. The number of nitrogens with zero attached hydrogens (tertiary/aromatic N) is 2. The van der Waals surface area contributed by atoms with Crippen LogP contribution in [0.2, 0.25) is 0 Å². The summed E-state index contributed by atoms with van der Waals surface area (Å²) in [5.41, 5.74) is 1.31. The van der Waals surface area contributed by atoms with Crippen molar-refractivity contribution in [2.45, 2.75) is 39.4 Å². The molecule has 0 bridgehead atoms. The average molecular weight is 331 g/mol. The van der Waals surface area contributed by atoms with Gasteiger partial charge >= 0.3 is 0 Å². The van der Waals surface area contributed by atoms with Crippen LogP contribution in [-0.4, -0.2) is 40.8 Å². The number of hydrogen-bond acceptors (Lipinski definition) is 4. The van der Waals surface area contributed by atoms with Crippen molar-refractivity contribution in [3.8, 4) is 0 Å². The van der Waals surface area contributed by atoms with Crippen molar-refractivity contribution in [3.05, 3.63) is 35.9 Å². The van der Waals surface area contributed by atoms with Gasteiger partial charge in [0.1, 0.15) is 5.82 Å². The molecule has 0 aliphatic carbocycles. The molecule has 0 radical (unpaired) electrons. The molecule has 1 saturated heterocycles. The van der Waals surface area contributed by atoms with Crippen LogP contribution in [0.4, 0.5) is 0 Å². The maximum absolute atomic E-state index is 12.6. The third kappa shape index (κ3) is 3.60. The number of carbonyl (C=O) groups excluding carboxylic acids is 1. The van der Waals surface area contributed by atoms with E-state index in [1.54, 1.807) is 0 Å². The van der Waals surface area contributed by atoms with Gasteiger partial charge in [0, 0.05) is 25.6 Å². The minimum absolute atomic E-state index is 0.157. The van der Waals surface area contributed by atoms with Crippen LogP contribution in [0.15, 0.2) is 24.4 Å². The first-order valence-corrected chi connectivity index (χ1v) is 8.50. The summed E-state index contributed by atoms with van der Waals surface area (Å²) in [5, 5.41) is 2.94. The van der Waals surface area contributed by atoms with Crippen LogP contribution >= 0.6 is 0 Å². The first-order valence-electron chi connectivity index (χ1n) is 8.50. The standard InChI is InChI=1S/C18H25N3O3/c1-13(2)12-15-20-16(14-6-4-5-9-21(14)15)17(22)19-8-7-18(3)23-10-11-24-18/h4-6,9,13H,7-8,10-12H2,1-3H3,(H,19,22). The predicted molar refractivity (Wildman–Crippen MR) is 91.0 cm³/mol. The number of hydrogen-bond donors (Lipinski definition) is 1. The van der Waals surface area contributed by atoms with Gasteiger partial charge in [0.15, 0.2) is 11.5 Å². The Hall–Kier alpha value is -1.92. The van der Waals surface area contributed by atoms with Gasteiger partial charge in [-0.1, -0.05) is 19.9 Å². The summed E-state index contributed by atoms with van der Waals surface area (Å²) in [4.78, 5) is 17.2. The highest BCUT2D eigenvalue weighted by Gasteiger charge is 2.30. The van der Waals surface area contributed by atoms with Crippen molar-refractivity contribution in [3.63, 3.8) is 0 Å². The molecule has 6 nitrogen and oxygen atoms in total. The summed E-state index contributed by atoms with van der Waals surface area (Å²) in [6, 6.07) is 5.81. The van der Waals surface area contributed by atoms with E-state index in [2.05, 4.69) is 24.1 Å². The molecule has 0 spiro atoms. The van der Waals surface area contributed by atoms with Crippen molar-refractivity contribution in [1.82, 2.24) is 14.7 Å². The highest BCUT2D eigenvalue weighted by molar-refractivity contribution is 5.99. The number of ether oxygens (including phenoxy) is 2. The quantitative estimate of drug-likeness (QED) is 0.883. The van der Waals surface area contributed by atoms with Crippen LogP contribution in [-0.2, 0) is 15.9 Å². The lowest BCUT2D eigenvalue weighted by Crippen LogP contribution is -2.33. The van der Waals surface area contributed by atoms with Crippen molar-refractivity contribution in [1.29, 1.82) is 0 Å². The zero-order valence-electron chi connectivity index (χ0n) is 14.5. The van der Waals surface area contributed by atoms with Gasteiger partial charge in [0.05, 0.1) is 18.7 Å². The van der Waals surface area contributed by atoms with Crippen molar-refractivity contribution >= 4 is 11.4 Å². The van der Waals surface area contributed by atoms with E-state index < -0.39 is 5.79 Å². The summed E-state index contributed by atoms with van der Waals surface area (Å²) >= 11 is 0. The van der Waals surface area contributed by atoms with Gasteiger partial charge in [-0.25, -0.2) is 4.98 Å². The fourth-order valence-electron chi connectivity index (χ4n) is 2.97. The molecule has 3 heterocycles. The van der Waals surface area contributed by atoms with Crippen LogP contribution < -0.4 is 5.32 Å². The second-order valence-electron chi connectivity index (χ2n) is 6.77. The molecule has 2 aromatic rings.